The molecule has 0 atom stereocenters. The second kappa shape index (κ2) is 13.6. The first-order valence-electron chi connectivity index (χ1n) is 19.1. The molecule has 0 radical (unpaired) electrons. The molecule has 0 saturated carbocycles. The lowest BCUT2D eigenvalue weighted by molar-refractivity contribution is 0.978. The predicted molar refractivity (Wildman–Crippen MR) is 245 cm³/mol. The summed E-state index contributed by atoms with van der Waals surface area (Å²) in [5.74, 6) is 0. The largest absolute Gasteiger partial charge is 0.337 e. The molecular formula is C53H35NS2. The Balaban J connectivity index is 1.04. The Bertz CT molecular complexity index is 3260. The van der Waals surface area contributed by atoms with E-state index >= 15 is 0 Å². The highest BCUT2D eigenvalue weighted by Gasteiger charge is 2.17. The van der Waals surface area contributed by atoms with Crippen molar-refractivity contribution in [1.82, 2.24) is 0 Å². The Morgan fingerprint density at radius 2 is 0.875 bits per heavy atom. The monoisotopic (exact) mass is 749 g/mol. The minimum atomic E-state index is 0.707. The molecule has 2 heterocycles. The molecule has 0 amide bonds. The first kappa shape index (κ1) is 32.9. The zero-order chi connectivity index (χ0) is 37.0. The number of hydrogen-bond donors (Lipinski definition) is 0. The molecule has 0 unspecified atom stereocenters. The number of benzene rings is 9. The van der Waals surface area contributed by atoms with Crippen LogP contribution in [0.25, 0.3) is 84.5 Å². The van der Waals surface area contributed by atoms with Gasteiger partial charge in [0.25, 0.3) is 0 Å². The molecule has 0 bridgehead atoms. The topological polar surface area (TPSA) is 3.24 Å². The van der Waals surface area contributed by atoms with E-state index in [4.69, 9.17) is 0 Å². The number of nitrogens with zero attached hydrogens (tertiary/aromatic N) is 1. The Morgan fingerprint density at radius 3 is 1.66 bits per heavy atom. The van der Waals surface area contributed by atoms with Gasteiger partial charge in [0.1, 0.15) is 0 Å². The summed E-state index contributed by atoms with van der Waals surface area (Å²) in [6, 6.07) is 73.9. The first-order valence-corrected chi connectivity index (χ1v) is 20.7. The van der Waals surface area contributed by atoms with Crippen molar-refractivity contribution in [2.24, 2.45) is 0 Å². The van der Waals surface area contributed by atoms with Crippen LogP contribution in [0.15, 0.2) is 200 Å². The second-order valence-corrected chi connectivity index (χ2v) is 16.7. The van der Waals surface area contributed by atoms with Crippen molar-refractivity contribution in [3.8, 4) is 33.4 Å². The number of rotatable bonds is 7. The average Bonchev–Trinajstić information content (AvgIpc) is 3.83. The third-order valence-corrected chi connectivity index (χ3v) is 13.4. The number of anilines is 2. The van der Waals surface area contributed by atoms with Crippen molar-refractivity contribution in [1.29, 1.82) is 0 Å². The lowest BCUT2D eigenvalue weighted by Crippen LogP contribution is -2.17. The van der Waals surface area contributed by atoms with Crippen LogP contribution < -0.4 is 4.90 Å². The third-order valence-electron chi connectivity index (χ3n) is 11.1. The molecular weight excluding hydrogens is 715 g/mol. The molecule has 0 saturated heterocycles. The predicted octanol–water partition coefficient (Wildman–Crippen LogP) is 15.9. The van der Waals surface area contributed by atoms with E-state index < -0.39 is 0 Å². The van der Waals surface area contributed by atoms with Crippen molar-refractivity contribution >= 4 is 85.2 Å². The van der Waals surface area contributed by atoms with E-state index in [1.165, 1.54) is 90.1 Å². The van der Waals surface area contributed by atoms with Crippen LogP contribution in [0, 0.1) is 0 Å². The van der Waals surface area contributed by atoms with Crippen LogP contribution >= 0.6 is 22.7 Å². The van der Waals surface area contributed by atoms with Gasteiger partial charge in [0.05, 0.1) is 0 Å². The molecule has 3 heteroatoms. The molecule has 0 spiro atoms. The maximum absolute atomic E-state index is 2.49. The van der Waals surface area contributed by atoms with Gasteiger partial charge in [0, 0.05) is 58.3 Å². The molecule has 1 nitrogen and oxygen atoms in total. The van der Waals surface area contributed by atoms with E-state index in [2.05, 4.69) is 205 Å². The van der Waals surface area contributed by atoms with Crippen molar-refractivity contribution < 1.29 is 0 Å². The lowest BCUT2D eigenvalue weighted by Gasteiger charge is -2.27. The van der Waals surface area contributed by atoms with E-state index in [9.17, 15) is 0 Å². The van der Waals surface area contributed by atoms with Gasteiger partial charge in [-0.05, 0) is 110 Å². The second-order valence-electron chi connectivity index (χ2n) is 14.5. The Hall–Kier alpha value is -6.52. The van der Waals surface area contributed by atoms with E-state index in [0.717, 1.165) is 11.4 Å². The van der Waals surface area contributed by atoms with Gasteiger partial charge in [0.2, 0.25) is 0 Å². The van der Waals surface area contributed by atoms with Crippen LogP contribution in [0.1, 0.15) is 5.56 Å². The molecule has 9 aromatic carbocycles. The smallest absolute Gasteiger partial charge is 0.0487 e. The Kier molecular flexibility index (Phi) is 8.01. The normalized spacial score (nSPS) is 11.6. The van der Waals surface area contributed by atoms with Crippen LogP contribution in [0.4, 0.5) is 11.4 Å². The molecule has 264 valence electrons. The molecule has 0 fully saturated rings. The minimum Gasteiger partial charge on any atom is -0.337 e. The highest BCUT2D eigenvalue weighted by Crippen LogP contribution is 2.41. The summed E-state index contributed by atoms with van der Waals surface area (Å²) in [6.07, 6.45) is 0. The Labute approximate surface area is 334 Å². The summed E-state index contributed by atoms with van der Waals surface area (Å²) in [4.78, 5) is 2.49. The molecule has 11 aromatic rings. The van der Waals surface area contributed by atoms with Crippen molar-refractivity contribution in [2.75, 3.05) is 4.90 Å². The highest BCUT2D eigenvalue weighted by atomic mass is 32.1. The van der Waals surface area contributed by atoms with Crippen molar-refractivity contribution in [3.63, 3.8) is 0 Å². The van der Waals surface area contributed by atoms with Gasteiger partial charge in [-0.25, -0.2) is 0 Å². The van der Waals surface area contributed by atoms with Gasteiger partial charge < -0.3 is 4.90 Å². The van der Waals surface area contributed by atoms with Gasteiger partial charge in [-0.2, -0.15) is 0 Å². The molecule has 0 aliphatic heterocycles. The first-order chi connectivity index (χ1) is 27.7. The molecule has 0 aliphatic rings. The molecule has 0 aliphatic carbocycles. The Morgan fingerprint density at radius 1 is 0.321 bits per heavy atom. The quantitative estimate of drug-likeness (QED) is 0.157. The fraction of sp³-hybridized carbons (Fsp3) is 0.0189. The summed E-state index contributed by atoms with van der Waals surface area (Å²) in [7, 11) is 0. The average molecular weight is 750 g/mol. The van der Waals surface area contributed by atoms with E-state index in [1.807, 2.05) is 22.7 Å². The zero-order valence-electron chi connectivity index (χ0n) is 30.5. The van der Waals surface area contributed by atoms with Crippen LogP contribution in [-0.2, 0) is 6.54 Å². The van der Waals surface area contributed by atoms with Gasteiger partial charge in [-0.3, -0.25) is 0 Å². The van der Waals surface area contributed by atoms with Crippen LogP contribution in [0.2, 0.25) is 0 Å². The van der Waals surface area contributed by atoms with E-state index in [0.29, 0.717) is 6.54 Å². The molecule has 2 aromatic heterocycles. The maximum atomic E-state index is 2.49. The van der Waals surface area contributed by atoms with Gasteiger partial charge in [-0.15, -0.1) is 22.7 Å². The summed E-state index contributed by atoms with van der Waals surface area (Å²) >= 11 is 3.74. The molecule has 0 N–H and O–H groups in total. The fourth-order valence-electron chi connectivity index (χ4n) is 8.32. The zero-order valence-corrected chi connectivity index (χ0v) is 32.2. The summed E-state index contributed by atoms with van der Waals surface area (Å²) < 4.78 is 5.30. The van der Waals surface area contributed by atoms with E-state index in [1.54, 1.807) is 0 Å². The summed E-state index contributed by atoms with van der Waals surface area (Å²) in [6.45, 7) is 0.707. The number of thiophene rings is 2. The molecule has 11 rings (SSSR count). The van der Waals surface area contributed by atoms with Crippen LogP contribution in [0.5, 0.6) is 0 Å². The maximum Gasteiger partial charge on any atom is 0.0487 e. The number of fused-ring (bicyclic) bond motifs is 7. The van der Waals surface area contributed by atoms with Gasteiger partial charge in [-0.1, -0.05) is 140 Å². The lowest BCUT2D eigenvalue weighted by atomic mass is 9.96. The van der Waals surface area contributed by atoms with Crippen LogP contribution in [0.3, 0.4) is 0 Å². The summed E-state index contributed by atoms with van der Waals surface area (Å²) in [5, 5.41) is 7.80. The van der Waals surface area contributed by atoms with Gasteiger partial charge in [0.15, 0.2) is 0 Å². The number of hydrogen-bond acceptors (Lipinski definition) is 3. The van der Waals surface area contributed by atoms with Crippen molar-refractivity contribution in [2.45, 2.75) is 6.54 Å². The molecule has 56 heavy (non-hydrogen) atoms. The van der Waals surface area contributed by atoms with E-state index in [-0.39, 0.29) is 0 Å². The SMILES string of the molecule is c1cc(-c2ccc3ccccc3c2)cc(N(Cc2ccccc2-c2ccc3sc4ccccc4c3c2)c2cccc(-c3ccc4c(c3)sc3ccccc34)c2)c1. The summed E-state index contributed by atoms with van der Waals surface area (Å²) in [5.41, 5.74) is 10.9. The van der Waals surface area contributed by atoms with Gasteiger partial charge >= 0.3 is 0 Å². The fourth-order valence-corrected chi connectivity index (χ4v) is 10.5. The standard InChI is InChI=1S/C53H35NS2/c1-2-12-36-29-39(24-23-35(36)11-1)37-14-9-16-43(30-37)54(44-17-10-15-38(31-44)40-25-27-48-46-19-5-7-21-50(46)56-53(48)33-40)34-42-13-3-4-18-45(42)41-26-28-52-49(32-41)47-20-6-8-22-51(47)55-52/h1-33H,34H2. The third kappa shape index (κ3) is 5.84. The highest BCUT2D eigenvalue weighted by molar-refractivity contribution is 7.26. The van der Waals surface area contributed by atoms with Crippen LogP contribution in [-0.4, -0.2) is 0 Å². The minimum absolute atomic E-state index is 0.707. The van der Waals surface area contributed by atoms with Crippen molar-refractivity contribution in [3.05, 3.63) is 206 Å².